The Morgan fingerprint density at radius 2 is 2.15 bits per heavy atom. The van der Waals surface area contributed by atoms with Gasteiger partial charge in [-0.25, -0.2) is 9.59 Å². The van der Waals surface area contributed by atoms with E-state index in [4.69, 9.17) is 4.74 Å². The van der Waals surface area contributed by atoms with Crippen LogP contribution < -0.4 is 0 Å². The standard InChI is InChI=1S/C13H16N3O4/c1-5-20-12(18)8-6-9-10(14-7(8)2)15(3)13(19)16(4)11(9)17/h6,9H,5H2,1-4H3/q+1. The van der Waals surface area contributed by atoms with Crippen LogP contribution >= 0.6 is 0 Å². The molecule has 0 aromatic heterocycles. The lowest BCUT2D eigenvalue weighted by Crippen LogP contribution is -2.52. The Morgan fingerprint density at radius 1 is 1.50 bits per heavy atom. The van der Waals surface area contributed by atoms with Gasteiger partial charge >= 0.3 is 17.9 Å². The van der Waals surface area contributed by atoms with Crippen LogP contribution in [0.2, 0.25) is 0 Å². The van der Waals surface area contributed by atoms with Crippen LogP contribution in [0.5, 0.6) is 0 Å². The molecule has 0 N–H and O–H groups in total. The molecule has 0 aromatic carbocycles. The smallest absolute Gasteiger partial charge is 0.445 e. The fourth-order valence-corrected chi connectivity index (χ4v) is 2.18. The van der Waals surface area contributed by atoms with Crippen molar-refractivity contribution < 1.29 is 23.7 Å². The Bertz CT molecular complexity index is 601. The maximum Gasteiger partial charge on any atom is 0.445 e. The van der Waals surface area contributed by atoms with Gasteiger partial charge in [0.15, 0.2) is 5.92 Å². The molecule has 0 aliphatic carbocycles. The monoisotopic (exact) mass is 278 g/mol. The Labute approximate surface area is 116 Å². The molecular formula is C13H16N3O4+. The number of carbonyl (C=O) groups excluding carboxylic acids is 3. The first-order valence-electron chi connectivity index (χ1n) is 6.25. The molecule has 106 valence electrons. The number of fused-ring (bicyclic) bond motifs is 1. The summed E-state index contributed by atoms with van der Waals surface area (Å²) in [6.07, 6.45) is 1.51. The zero-order valence-electron chi connectivity index (χ0n) is 11.8. The first-order chi connectivity index (χ1) is 9.38. The van der Waals surface area contributed by atoms with Gasteiger partial charge in [0.25, 0.3) is 5.84 Å². The van der Waals surface area contributed by atoms with E-state index in [1.165, 1.54) is 17.7 Å². The summed E-state index contributed by atoms with van der Waals surface area (Å²) in [5.74, 6) is -1.31. The maximum atomic E-state index is 12.1. The third-order valence-electron chi connectivity index (χ3n) is 3.29. The number of ether oxygens (including phenoxy) is 1. The van der Waals surface area contributed by atoms with Crippen LogP contribution in [0.4, 0.5) is 4.79 Å². The molecule has 2 aliphatic heterocycles. The zero-order chi connectivity index (χ0) is 15.0. The van der Waals surface area contributed by atoms with E-state index < -0.39 is 23.8 Å². The number of hydrogen-bond acceptors (Lipinski definition) is 5. The van der Waals surface area contributed by atoms with E-state index in [1.807, 2.05) is 0 Å². The average molecular weight is 278 g/mol. The minimum absolute atomic E-state index is 0.247. The molecule has 0 fully saturated rings. The molecule has 0 spiro atoms. The molecule has 1 unspecified atom stereocenters. The summed E-state index contributed by atoms with van der Waals surface area (Å²) in [6.45, 7) is 3.60. The second kappa shape index (κ2) is 4.99. The molecule has 0 radical (unpaired) electrons. The number of aliphatic imine (C=N–C) groups is 1. The molecule has 2 aliphatic rings. The Balaban J connectivity index is 2.50. The molecule has 20 heavy (non-hydrogen) atoms. The number of dihydropyridines is 1. The summed E-state index contributed by atoms with van der Waals surface area (Å²) in [4.78, 5) is 41.1. The minimum Gasteiger partial charge on any atom is -0.462 e. The second-order valence-corrected chi connectivity index (χ2v) is 4.57. The van der Waals surface area contributed by atoms with Crippen molar-refractivity contribution in [3.63, 3.8) is 0 Å². The lowest BCUT2D eigenvalue weighted by Gasteiger charge is -2.24. The summed E-state index contributed by atoms with van der Waals surface area (Å²) >= 11 is 0. The van der Waals surface area contributed by atoms with Crippen LogP contribution in [0.3, 0.4) is 0 Å². The summed E-state index contributed by atoms with van der Waals surface area (Å²) in [5.41, 5.74) is 0.705. The number of esters is 1. The Morgan fingerprint density at radius 3 is 2.75 bits per heavy atom. The first-order valence-corrected chi connectivity index (χ1v) is 6.25. The molecule has 2 rings (SSSR count). The van der Waals surface area contributed by atoms with E-state index in [2.05, 4.69) is 4.99 Å². The van der Waals surface area contributed by atoms with Gasteiger partial charge < -0.3 is 4.74 Å². The minimum atomic E-state index is -0.731. The van der Waals surface area contributed by atoms with Gasteiger partial charge in [-0.1, -0.05) is 0 Å². The van der Waals surface area contributed by atoms with Gasteiger partial charge in [0.05, 0.1) is 26.3 Å². The number of nitrogens with zero attached hydrogens (tertiary/aromatic N) is 3. The van der Waals surface area contributed by atoms with E-state index in [1.54, 1.807) is 20.9 Å². The molecule has 1 atom stereocenters. The largest absolute Gasteiger partial charge is 0.462 e. The molecule has 2 heterocycles. The topological polar surface area (TPSA) is 79.1 Å². The quantitative estimate of drug-likeness (QED) is 0.534. The van der Waals surface area contributed by atoms with Gasteiger partial charge in [0.2, 0.25) is 0 Å². The number of carbonyl (C=O) groups is 3. The predicted octanol–water partition coefficient (Wildman–Crippen LogP) is 0.199. The fourth-order valence-electron chi connectivity index (χ4n) is 2.18. The molecule has 0 saturated heterocycles. The van der Waals surface area contributed by atoms with E-state index in [-0.39, 0.29) is 12.2 Å². The number of amidine groups is 1. The lowest BCUT2D eigenvalue weighted by atomic mass is 9.95. The number of hydrogen-bond donors (Lipinski definition) is 0. The third kappa shape index (κ3) is 2.04. The van der Waals surface area contributed by atoms with Crippen LogP contribution in [-0.2, 0) is 14.3 Å². The number of amides is 3. The van der Waals surface area contributed by atoms with Crippen LogP contribution in [-0.4, -0.2) is 59.6 Å². The van der Waals surface area contributed by atoms with E-state index in [0.29, 0.717) is 11.5 Å². The zero-order valence-corrected chi connectivity index (χ0v) is 11.8. The summed E-state index contributed by atoms with van der Waals surface area (Å²) in [7, 11) is 2.95. The van der Waals surface area contributed by atoms with E-state index >= 15 is 0 Å². The highest BCUT2D eigenvalue weighted by molar-refractivity contribution is 6.26. The number of imide groups is 1. The molecule has 0 bridgehead atoms. The highest BCUT2D eigenvalue weighted by atomic mass is 16.5. The summed E-state index contributed by atoms with van der Waals surface area (Å²) in [5, 5.41) is 0. The second-order valence-electron chi connectivity index (χ2n) is 4.57. The SMILES string of the molecule is CCOC(=O)C1=CC2C(=O)N(C)C(=O)[N+](C)=C2N=C1C. The average Bonchev–Trinajstić information content (AvgIpc) is 2.42. The van der Waals surface area contributed by atoms with Crippen LogP contribution in [0, 0.1) is 5.92 Å². The lowest BCUT2D eigenvalue weighted by molar-refractivity contribution is -0.407. The van der Waals surface area contributed by atoms with Crippen LogP contribution in [0.15, 0.2) is 16.6 Å². The predicted molar refractivity (Wildman–Crippen MR) is 70.7 cm³/mol. The van der Waals surface area contributed by atoms with Gasteiger partial charge in [-0.3, -0.25) is 4.79 Å². The Kier molecular flexibility index (Phi) is 3.52. The molecule has 0 saturated carbocycles. The molecule has 0 aromatic rings. The van der Waals surface area contributed by atoms with E-state index in [0.717, 1.165) is 4.90 Å². The maximum absolute atomic E-state index is 12.1. The normalized spacial score (nSPS) is 22.4. The third-order valence-corrected chi connectivity index (χ3v) is 3.29. The van der Waals surface area contributed by atoms with E-state index in [9.17, 15) is 14.4 Å². The molecule has 3 amide bonds. The van der Waals surface area contributed by atoms with Crippen molar-refractivity contribution >= 4 is 29.5 Å². The van der Waals surface area contributed by atoms with Crippen molar-refractivity contribution in [1.82, 2.24) is 4.90 Å². The van der Waals surface area contributed by atoms with Gasteiger partial charge in [0.1, 0.15) is 5.71 Å². The molecule has 7 heteroatoms. The van der Waals surface area contributed by atoms with Crippen molar-refractivity contribution in [2.45, 2.75) is 13.8 Å². The molecule has 7 nitrogen and oxygen atoms in total. The first kappa shape index (κ1) is 14.1. The van der Waals surface area contributed by atoms with Crippen LogP contribution in [0.25, 0.3) is 0 Å². The van der Waals surface area contributed by atoms with Crippen molar-refractivity contribution in [3.05, 3.63) is 11.6 Å². The van der Waals surface area contributed by atoms with Gasteiger partial charge in [0, 0.05) is 0 Å². The van der Waals surface area contributed by atoms with Gasteiger partial charge in [-0.05, 0) is 19.9 Å². The number of rotatable bonds is 2. The van der Waals surface area contributed by atoms with Crippen molar-refractivity contribution in [2.75, 3.05) is 20.7 Å². The van der Waals surface area contributed by atoms with Crippen molar-refractivity contribution in [3.8, 4) is 0 Å². The fraction of sp³-hybridized carbons (Fsp3) is 0.462. The molecular weight excluding hydrogens is 262 g/mol. The summed E-state index contributed by atoms with van der Waals surface area (Å²) < 4.78 is 6.25. The van der Waals surface area contributed by atoms with Gasteiger partial charge in [-0.15, -0.1) is 4.99 Å². The van der Waals surface area contributed by atoms with Crippen molar-refractivity contribution in [2.24, 2.45) is 10.9 Å². The number of urea groups is 1. The van der Waals surface area contributed by atoms with Gasteiger partial charge in [-0.2, -0.15) is 9.48 Å². The summed E-state index contributed by atoms with van der Waals surface area (Å²) in [6, 6.07) is -0.439. The Hall–Kier alpha value is -2.31. The highest BCUT2D eigenvalue weighted by Crippen LogP contribution is 2.22. The van der Waals surface area contributed by atoms with Crippen molar-refractivity contribution in [1.29, 1.82) is 0 Å². The van der Waals surface area contributed by atoms with Crippen LogP contribution in [0.1, 0.15) is 13.8 Å². The highest BCUT2D eigenvalue weighted by Gasteiger charge is 2.45.